The molecule has 2 heterocycles. The van der Waals surface area contributed by atoms with E-state index in [0.717, 1.165) is 27.6 Å². The summed E-state index contributed by atoms with van der Waals surface area (Å²) in [6.45, 7) is 0. The number of halogens is 2. The number of hydrogen-bond acceptors (Lipinski definition) is 3. The fourth-order valence-electron chi connectivity index (χ4n) is 2.17. The average molecular weight is 289 g/mol. The van der Waals surface area contributed by atoms with E-state index in [1.165, 1.54) is 0 Å². The third kappa shape index (κ3) is 1.50. The Morgan fingerprint density at radius 1 is 0.947 bits per heavy atom. The van der Waals surface area contributed by atoms with Gasteiger partial charge in [0.15, 0.2) is 5.65 Å². The van der Waals surface area contributed by atoms with Gasteiger partial charge in [0.2, 0.25) is 0 Å². The Balaban J connectivity index is 2.27. The molecule has 4 nitrogen and oxygen atoms in total. The first kappa shape index (κ1) is 11.0. The van der Waals surface area contributed by atoms with E-state index in [2.05, 4.69) is 15.3 Å². The average Bonchev–Trinajstić information content (AvgIpc) is 2.77. The Morgan fingerprint density at radius 3 is 2.63 bits per heavy atom. The van der Waals surface area contributed by atoms with Gasteiger partial charge in [0, 0.05) is 5.39 Å². The largest absolute Gasteiger partial charge is 0.226 e. The van der Waals surface area contributed by atoms with Gasteiger partial charge >= 0.3 is 0 Å². The van der Waals surface area contributed by atoms with Crippen LogP contribution in [0, 0.1) is 0 Å². The molecule has 0 amide bonds. The highest BCUT2D eigenvalue weighted by Gasteiger charge is 2.11. The molecule has 4 aromatic rings. The van der Waals surface area contributed by atoms with Crippen LogP contribution in [0.3, 0.4) is 0 Å². The van der Waals surface area contributed by atoms with Crippen LogP contribution in [0.15, 0.2) is 36.4 Å². The second kappa shape index (κ2) is 3.79. The molecule has 2 aromatic carbocycles. The summed E-state index contributed by atoms with van der Waals surface area (Å²) >= 11 is 12.1. The number of hydrogen-bond donors (Lipinski definition) is 0. The maximum absolute atomic E-state index is 6.04. The molecule has 2 aromatic heterocycles. The number of fused-ring (bicyclic) bond motifs is 5. The van der Waals surface area contributed by atoms with Gasteiger partial charge in [-0.15, -0.1) is 5.10 Å². The molecule has 0 aliphatic heterocycles. The maximum atomic E-state index is 6.04. The molecule has 92 valence electrons. The van der Waals surface area contributed by atoms with Crippen LogP contribution in [-0.4, -0.2) is 19.8 Å². The van der Waals surface area contributed by atoms with Gasteiger partial charge < -0.3 is 0 Å². The minimum atomic E-state index is 0.478. The van der Waals surface area contributed by atoms with Gasteiger partial charge in [-0.1, -0.05) is 40.5 Å². The number of nitrogens with zero attached hydrogens (tertiary/aromatic N) is 4. The summed E-state index contributed by atoms with van der Waals surface area (Å²) in [5, 5.41) is 10.3. The van der Waals surface area contributed by atoms with Crippen molar-refractivity contribution in [3.8, 4) is 0 Å². The summed E-state index contributed by atoms with van der Waals surface area (Å²) in [4.78, 5) is 4.56. The first-order chi connectivity index (χ1) is 9.24. The Hall–Kier alpha value is -1.91. The highest BCUT2D eigenvalue weighted by molar-refractivity contribution is 6.42. The zero-order valence-electron chi connectivity index (χ0n) is 9.51. The second-order valence-corrected chi connectivity index (χ2v) is 5.02. The zero-order chi connectivity index (χ0) is 13.0. The molecule has 0 radical (unpaired) electrons. The van der Waals surface area contributed by atoms with E-state index >= 15 is 0 Å². The molecule has 4 rings (SSSR count). The lowest BCUT2D eigenvalue weighted by Crippen LogP contribution is -1.96. The van der Waals surface area contributed by atoms with Crippen LogP contribution >= 0.6 is 23.2 Å². The van der Waals surface area contributed by atoms with Crippen LogP contribution in [-0.2, 0) is 0 Å². The van der Waals surface area contributed by atoms with E-state index in [1.54, 1.807) is 16.6 Å². The van der Waals surface area contributed by atoms with Crippen LogP contribution in [0.5, 0.6) is 0 Å². The SMILES string of the molecule is Clc1cc2nc3c4ccccc4nnn3c2cc1Cl. The summed E-state index contributed by atoms with van der Waals surface area (Å²) in [6.07, 6.45) is 0. The van der Waals surface area contributed by atoms with Crippen molar-refractivity contribution in [2.75, 3.05) is 0 Å². The highest BCUT2D eigenvalue weighted by Crippen LogP contribution is 2.29. The van der Waals surface area contributed by atoms with Crippen molar-refractivity contribution in [3.05, 3.63) is 46.4 Å². The van der Waals surface area contributed by atoms with Crippen molar-refractivity contribution >= 4 is 50.8 Å². The van der Waals surface area contributed by atoms with Crippen LogP contribution < -0.4 is 0 Å². The van der Waals surface area contributed by atoms with E-state index in [-0.39, 0.29) is 0 Å². The van der Waals surface area contributed by atoms with Crippen molar-refractivity contribution in [1.29, 1.82) is 0 Å². The number of aromatic nitrogens is 4. The van der Waals surface area contributed by atoms with Crippen molar-refractivity contribution in [3.63, 3.8) is 0 Å². The van der Waals surface area contributed by atoms with Gasteiger partial charge in [-0.05, 0) is 24.3 Å². The standard InChI is InChI=1S/C13H6Cl2N4/c14-8-5-11-12(6-9(8)15)19-13(16-11)7-3-1-2-4-10(7)17-18-19/h1-6H. The fourth-order valence-corrected chi connectivity index (χ4v) is 2.48. The van der Waals surface area contributed by atoms with E-state index in [1.807, 2.05) is 24.3 Å². The van der Waals surface area contributed by atoms with Crippen molar-refractivity contribution in [2.45, 2.75) is 0 Å². The molecule has 0 unspecified atom stereocenters. The molecule has 0 aliphatic rings. The monoisotopic (exact) mass is 288 g/mol. The molecular formula is C13H6Cl2N4. The smallest absolute Gasteiger partial charge is 0.166 e. The fraction of sp³-hybridized carbons (Fsp3) is 0. The molecule has 6 heteroatoms. The Labute approximate surface area is 117 Å². The molecule has 0 aliphatic carbocycles. The number of rotatable bonds is 0. The molecule has 0 saturated carbocycles. The molecule has 0 bridgehead atoms. The predicted octanol–water partition coefficient (Wildman–Crippen LogP) is 3.74. The van der Waals surface area contributed by atoms with Crippen LogP contribution in [0.2, 0.25) is 10.0 Å². The van der Waals surface area contributed by atoms with Crippen LogP contribution in [0.1, 0.15) is 0 Å². The summed E-state index contributed by atoms with van der Waals surface area (Å²) in [7, 11) is 0. The summed E-state index contributed by atoms with van der Waals surface area (Å²) in [5.74, 6) is 0. The summed E-state index contributed by atoms with van der Waals surface area (Å²) in [5.41, 5.74) is 3.10. The van der Waals surface area contributed by atoms with E-state index < -0.39 is 0 Å². The van der Waals surface area contributed by atoms with E-state index in [9.17, 15) is 0 Å². The van der Waals surface area contributed by atoms with Crippen LogP contribution in [0.25, 0.3) is 27.6 Å². The van der Waals surface area contributed by atoms with Gasteiger partial charge in [0.25, 0.3) is 0 Å². The van der Waals surface area contributed by atoms with Gasteiger partial charge in [0.1, 0.15) is 0 Å². The number of benzene rings is 2. The lowest BCUT2D eigenvalue weighted by molar-refractivity contribution is 0.850. The molecule has 19 heavy (non-hydrogen) atoms. The molecule has 0 N–H and O–H groups in total. The summed E-state index contributed by atoms with van der Waals surface area (Å²) < 4.78 is 1.68. The minimum Gasteiger partial charge on any atom is -0.226 e. The molecule has 0 saturated heterocycles. The maximum Gasteiger partial charge on any atom is 0.166 e. The molecule has 0 spiro atoms. The van der Waals surface area contributed by atoms with Gasteiger partial charge in [-0.2, -0.15) is 4.52 Å². The lowest BCUT2D eigenvalue weighted by Gasteiger charge is -1.98. The van der Waals surface area contributed by atoms with E-state index in [4.69, 9.17) is 23.2 Å². The number of imidazole rings is 1. The van der Waals surface area contributed by atoms with Crippen LogP contribution in [0.4, 0.5) is 0 Å². The minimum absolute atomic E-state index is 0.478. The summed E-state index contributed by atoms with van der Waals surface area (Å²) in [6, 6.07) is 11.2. The molecule has 0 fully saturated rings. The van der Waals surface area contributed by atoms with Crippen molar-refractivity contribution in [1.82, 2.24) is 19.8 Å². The predicted molar refractivity (Wildman–Crippen MR) is 75.8 cm³/mol. The lowest BCUT2D eigenvalue weighted by atomic mass is 10.2. The molecular weight excluding hydrogens is 283 g/mol. The second-order valence-electron chi connectivity index (χ2n) is 4.21. The Bertz CT molecular complexity index is 945. The van der Waals surface area contributed by atoms with E-state index in [0.29, 0.717) is 10.0 Å². The van der Waals surface area contributed by atoms with Gasteiger partial charge in [-0.25, -0.2) is 4.98 Å². The Kier molecular flexibility index (Phi) is 2.19. The quantitative estimate of drug-likeness (QED) is 0.495. The van der Waals surface area contributed by atoms with Crippen molar-refractivity contribution in [2.24, 2.45) is 0 Å². The third-order valence-corrected chi connectivity index (χ3v) is 3.78. The Morgan fingerprint density at radius 2 is 1.74 bits per heavy atom. The first-order valence-corrected chi connectivity index (χ1v) is 6.38. The molecule has 0 atom stereocenters. The normalized spacial score (nSPS) is 11.7. The topological polar surface area (TPSA) is 43.1 Å². The van der Waals surface area contributed by atoms with Gasteiger partial charge in [-0.3, -0.25) is 0 Å². The van der Waals surface area contributed by atoms with Gasteiger partial charge in [0.05, 0.1) is 26.6 Å². The van der Waals surface area contributed by atoms with Crippen molar-refractivity contribution < 1.29 is 0 Å². The third-order valence-electron chi connectivity index (χ3n) is 3.06. The first-order valence-electron chi connectivity index (χ1n) is 5.63. The highest BCUT2D eigenvalue weighted by atomic mass is 35.5. The zero-order valence-corrected chi connectivity index (χ0v) is 11.0.